The van der Waals surface area contributed by atoms with E-state index in [2.05, 4.69) is 5.32 Å². The first kappa shape index (κ1) is 15.6. The number of primary amides is 1. The van der Waals surface area contributed by atoms with Crippen molar-refractivity contribution in [2.24, 2.45) is 11.1 Å². The van der Waals surface area contributed by atoms with Gasteiger partial charge >= 0.3 is 0 Å². The van der Waals surface area contributed by atoms with Crippen LogP contribution in [0.2, 0.25) is 0 Å². The van der Waals surface area contributed by atoms with E-state index in [-0.39, 0.29) is 19.1 Å². The fourth-order valence-corrected chi connectivity index (χ4v) is 2.79. The van der Waals surface area contributed by atoms with Gasteiger partial charge in [0.1, 0.15) is 6.61 Å². The number of amides is 2. The Bertz CT molecular complexity index is 598. The van der Waals surface area contributed by atoms with Gasteiger partial charge in [0.2, 0.25) is 12.0 Å². The minimum atomic E-state index is -0.749. The molecule has 0 aromatic heterocycles. The molecule has 1 saturated heterocycles. The lowest BCUT2D eigenvalue weighted by molar-refractivity contribution is -0.136. The van der Waals surface area contributed by atoms with E-state index in [1.807, 2.05) is 12.1 Å². The van der Waals surface area contributed by atoms with E-state index in [1.165, 1.54) is 0 Å². The zero-order chi connectivity index (χ0) is 16.3. The molecular weight excluding hydrogens is 300 g/mol. The van der Waals surface area contributed by atoms with Crippen molar-refractivity contribution in [2.45, 2.75) is 18.9 Å². The van der Waals surface area contributed by atoms with Crippen LogP contribution in [0, 0.1) is 5.41 Å². The topological polar surface area (TPSA) is 99.9 Å². The maximum absolute atomic E-state index is 12.3. The number of carbonyl (C=O) groups excluding carboxylic acids is 2. The summed E-state index contributed by atoms with van der Waals surface area (Å²) < 4.78 is 16.4. The van der Waals surface area contributed by atoms with E-state index < -0.39 is 17.4 Å². The number of fused-ring (bicyclic) bond motifs is 1. The Morgan fingerprint density at radius 1 is 1.22 bits per heavy atom. The van der Waals surface area contributed by atoms with Gasteiger partial charge in [-0.25, -0.2) is 0 Å². The second kappa shape index (κ2) is 6.45. The van der Waals surface area contributed by atoms with Crippen LogP contribution in [0.15, 0.2) is 24.3 Å². The molecule has 1 atom stereocenters. The lowest BCUT2D eigenvalue weighted by Gasteiger charge is -2.35. The van der Waals surface area contributed by atoms with Crippen LogP contribution in [0.25, 0.3) is 0 Å². The number of rotatable bonds is 4. The average Bonchev–Trinajstić information content (AvgIpc) is 2.60. The molecule has 1 fully saturated rings. The third kappa shape index (κ3) is 3.24. The molecule has 124 valence electrons. The van der Waals surface area contributed by atoms with Crippen molar-refractivity contribution in [2.75, 3.05) is 26.4 Å². The standard InChI is InChI=1S/C16H20N2O5/c17-15(20)16(5-7-21-8-6-16)10-18-14(19)13-9-22-11-3-1-2-4-12(11)23-13/h1-4,13H,5-10H2,(H2,17,20)(H,18,19). The number of benzene rings is 1. The van der Waals surface area contributed by atoms with Crippen molar-refractivity contribution < 1.29 is 23.8 Å². The number of nitrogens with one attached hydrogen (secondary N) is 1. The summed E-state index contributed by atoms with van der Waals surface area (Å²) >= 11 is 0. The quantitative estimate of drug-likeness (QED) is 0.827. The molecule has 3 N–H and O–H groups in total. The third-order valence-corrected chi connectivity index (χ3v) is 4.37. The number of nitrogens with two attached hydrogens (primary N) is 1. The van der Waals surface area contributed by atoms with Crippen molar-refractivity contribution >= 4 is 11.8 Å². The number of carbonyl (C=O) groups is 2. The molecule has 2 heterocycles. The molecule has 2 amide bonds. The highest BCUT2D eigenvalue weighted by Gasteiger charge is 2.39. The summed E-state index contributed by atoms with van der Waals surface area (Å²) in [7, 11) is 0. The molecule has 2 aliphatic heterocycles. The smallest absolute Gasteiger partial charge is 0.264 e. The maximum Gasteiger partial charge on any atom is 0.264 e. The molecule has 0 spiro atoms. The van der Waals surface area contributed by atoms with Crippen molar-refractivity contribution in [1.29, 1.82) is 0 Å². The molecule has 7 nitrogen and oxygen atoms in total. The molecular formula is C16H20N2O5. The van der Waals surface area contributed by atoms with E-state index in [9.17, 15) is 9.59 Å². The van der Waals surface area contributed by atoms with Gasteiger partial charge in [-0.15, -0.1) is 0 Å². The van der Waals surface area contributed by atoms with E-state index in [0.29, 0.717) is 37.6 Å². The summed E-state index contributed by atoms with van der Waals surface area (Å²) in [6, 6.07) is 7.18. The molecule has 23 heavy (non-hydrogen) atoms. The van der Waals surface area contributed by atoms with Gasteiger partial charge in [0.25, 0.3) is 5.91 Å². The number of hydrogen-bond acceptors (Lipinski definition) is 5. The zero-order valence-corrected chi connectivity index (χ0v) is 12.7. The predicted molar refractivity (Wildman–Crippen MR) is 81.0 cm³/mol. The third-order valence-electron chi connectivity index (χ3n) is 4.37. The zero-order valence-electron chi connectivity index (χ0n) is 12.7. The molecule has 1 unspecified atom stereocenters. The normalized spacial score (nSPS) is 22.2. The number of ether oxygens (including phenoxy) is 3. The summed E-state index contributed by atoms with van der Waals surface area (Å²) in [6.45, 7) is 1.26. The maximum atomic E-state index is 12.3. The van der Waals surface area contributed by atoms with Crippen LogP contribution in [0.1, 0.15) is 12.8 Å². The second-order valence-corrected chi connectivity index (χ2v) is 5.84. The predicted octanol–water partition coefficient (Wildman–Crippen LogP) is 0.225. The van der Waals surface area contributed by atoms with Gasteiger partial charge in [0, 0.05) is 19.8 Å². The minimum Gasteiger partial charge on any atom is -0.485 e. The Hall–Kier alpha value is -2.28. The SMILES string of the molecule is NC(=O)C1(CNC(=O)C2COc3ccccc3O2)CCOCC1. The summed E-state index contributed by atoms with van der Waals surface area (Å²) in [6.07, 6.45) is 0.274. The molecule has 3 rings (SSSR count). The van der Waals surface area contributed by atoms with Crippen molar-refractivity contribution in [3.63, 3.8) is 0 Å². The van der Waals surface area contributed by atoms with Gasteiger partial charge in [-0.1, -0.05) is 12.1 Å². The highest BCUT2D eigenvalue weighted by atomic mass is 16.6. The summed E-state index contributed by atoms with van der Waals surface area (Å²) in [5, 5.41) is 2.77. The van der Waals surface area contributed by atoms with Gasteiger partial charge in [0.05, 0.1) is 5.41 Å². The molecule has 1 aromatic carbocycles. The van der Waals surface area contributed by atoms with Crippen molar-refractivity contribution in [3.05, 3.63) is 24.3 Å². The Kier molecular flexibility index (Phi) is 4.38. The van der Waals surface area contributed by atoms with E-state index in [4.69, 9.17) is 19.9 Å². The van der Waals surface area contributed by atoms with Gasteiger partial charge in [-0.2, -0.15) is 0 Å². The van der Waals surface area contributed by atoms with E-state index >= 15 is 0 Å². The Morgan fingerprint density at radius 3 is 2.61 bits per heavy atom. The van der Waals surface area contributed by atoms with E-state index in [0.717, 1.165) is 0 Å². The minimum absolute atomic E-state index is 0.134. The Labute approximate surface area is 134 Å². The molecule has 0 saturated carbocycles. The fraction of sp³-hybridized carbons (Fsp3) is 0.500. The lowest BCUT2D eigenvalue weighted by Crippen LogP contribution is -2.52. The summed E-state index contributed by atoms with van der Waals surface area (Å²) in [5.74, 6) is 0.433. The molecule has 0 bridgehead atoms. The monoisotopic (exact) mass is 320 g/mol. The first-order chi connectivity index (χ1) is 11.1. The highest BCUT2D eigenvalue weighted by Crippen LogP contribution is 2.32. The fourth-order valence-electron chi connectivity index (χ4n) is 2.79. The second-order valence-electron chi connectivity index (χ2n) is 5.84. The Morgan fingerprint density at radius 2 is 1.91 bits per heavy atom. The number of hydrogen-bond donors (Lipinski definition) is 2. The average molecular weight is 320 g/mol. The van der Waals surface area contributed by atoms with Crippen molar-refractivity contribution in [3.8, 4) is 11.5 Å². The van der Waals surface area contributed by atoms with Crippen LogP contribution >= 0.6 is 0 Å². The van der Waals surface area contributed by atoms with E-state index in [1.54, 1.807) is 12.1 Å². The summed E-state index contributed by atoms with van der Waals surface area (Å²) in [5.41, 5.74) is 4.78. The first-order valence-electron chi connectivity index (χ1n) is 7.65. The molecule has 2 aliphatic rings. The van der Waals surface area contributed by atoms with Crippen LogP contribution in [0.5, 0.6) is 11.5 Å². The van der Waals surface area contributed by atoms with Crippen LogP contribution in [0.3, 0.4) is 0 Å². The van der Waals surface area contributed by atoms with Gasteiger partial charge < -0.3 is 25.3 Å². The lowest BCUT2D eigenvalue weighted by atomic mass is 9.79. The van der Waals surface area contributed by atoms with Gasteiger partial charge in [0.15, 0.2) is 11.5 Å². The van der Waals surface area contributed by atoms with Gasteiger partial charge in [-0.05, 0) is 25.0 Å². The Balaban J connectivity index is 1.60. The van der Waals surface area contributed by atoms with Crippen LogP contribution in [0.4, 0.5) is 0 Å². The van der Waals surface area contributed by atoms with Crippen LogP contribution < -0.4 is 20.5 Å². The molecule has 0 radical (unpaired) electrons. The van der Waals surface area contributed by atoms with Crippen molar-refractivity contribution in [1.82, 2.24) is 5.32 Å². The first-order valence-corrected chi connectivity index (χ1v) is 7.65. The molecule has 0 aliphatic carbocycles. The number of para-hydroxylation sites is 2. The van der Waals surface area contributed by atoms with Gasteiger partial charge in [-0.3, -0.25) is 9.59 Å². The van der Waals surface area contributed by atoms with Crippen LogP contribution in [-0.4, -0.2) is 44.3 Å². The largest absolute Gasteiger partial charge is 0.485 e. The molecule has 7 heteroatoms. The molecule has 1 aromatic rings. The highest BCUT2D eigenvalue weighted by molar-refractivity contribution is 5.84. The van der Waals surface area contributed by atoms with Crippen LogP contribution in [-0.2, 0) is 14.3 Å². The summed E-state index contributed by atoms with van der Waals surface area (Å²) in [4.78, 5) is 24.1.